The van der Waals surface area contributed by atoms with Gasteiger partial charge in [-0.15, -0.1) is 0 Å². The predicted octanol–water partition coefficient (Wildman–Crippen LogP) is 5.02. The first kappa shape index (κ1) is 15.6. The summed E-state index contributed by atoms with van der Waals surface area (Å²) in [6, 6.07) is 12.3. The third-order valence-electron chi connectivity index (χ3n) is 2.66. The molecule has 0 spiro atoms. The van der Waals surface area contributed by atoms with Crippen LogP contribution in [0.4, 0.5) is 13.2 Å². The highest BCUT2D eigenvalue weighted by atomic mass is 79.9. The van der Waals surface area contributed by atoms with Crippen molar-refractivity contribution in [1.82, 2.24) is 0 Å². The first-order valence-corrected chi connectivity index (χ1v) is 6.81. The molecular weight excluding hydrogens is 347 g/mol. The van der Waals surface area contributed by atoms with E-state index in [0.29, 0.717) is 5.56 Å². The molecule has 21 heavy (non-hydrogen) atoms. The van der Waals surface area contributed by atoms with Crippen molar-refractivity contribution < 1.29 is 18.0 Å². The Balaban J connectivity index is 1.87. The first-order chi connectivity index (χ1) is 9.95. The molecule has 0 bridgehead atoms. The Morgan fingerprint density at radius 1 is 1.00 bits per heavy atom. The second kappa shape index (κ2) is 6.76. The van der Waals surface area contributed by atoms with Crippen LogP contribution < -0.4 is 0 Å². The van der Waals surface area contributed by atoms with Crippen LogP contribution in [0, 0.1) is 0 Å². The molecule has 0 fully saturated rings. The molecule has 0 radical (unpaired) electrons. The SMILES string of the molecule is FC(F)(F)c1ccc(CON=Cc2ccc(Br)cc2)cc1. The molecule has 0 atom stereocenters. The summed E-state index contributed by atoms with van der Waals surface area (Å²) < 4.78 is 38.1. The Morgan fingerprint density at radius 3 is 2.19 bits per heavy atom. The van der Waals surface area contributed by atoms with Crippen LogP contribution in [0.1, 0.15) is 16.7 Å². The van der Waals surface area contributed by atoms with E-state index in [0.717, 1.165) is 22.2 Å². The number of hydrogen-bond acceptors (Lipinski definition) is 2. The maximum Gasteiger partial charge on any atom is 0.416 e. The van der Waals surface area contributed by atoms with E-state index < -0.39 is 11.7 Å². The summed E-state index contributed by atoms with van der Waals surface area (Å²) in [6.07, 6.45) is -2.78. The number of benzene rings is 2. The molecule has 2 aromatic carbocycles. The summed E-state index contributed by atoms with van der Waals surface area (Å²) in [7, 11) is 0. The molecule has 2 nitrogen and oxygen atoms in total. The molecule has 0 aliphatic heterocycles. The van der Waals surface area contributed by atoms with E-state index in [1.807, 2.05) is 24.3 Å². The average molecular weight is 358 g/mol. The zero-order chi connectivity index (χ0) is 15.3. The van der Waals surface area contributed by atoms with E-state index in [4.69, 9.17) is 4.84 Å². The van der Waals surface area contributed by atoms with Gasteiger partial charge in [0.1, 0.15) is 6.61 Å². The number of oxime groups is 1. The predicted molar refractivity (Wildman–Crippen MR) is 78.0 cm³/mol. The molecule has 0 amide bonds. The second-order valence-electron chi connectivity index (χ2n) is 4.25. The summed E-state index contributed by atoms with van der Waals surface area (Å²) in [5.74, 6) is 0. The Labute approximate surface area is 128 Å². The van der Waals surface area contributed by atoms with Crippen molar-refractivity contribution in [2.24, 2.45) is 5.16 Å². The van der Waals surface area contributed by atoms with Crippen LogP contribution in [0.15, 0.2) is 58.2 Å². The molecular formula is C15H11BrF3NO. The van der Waals surface area contributed by atoms with Crippen LogP contribution in [-0.2, 0) is 17.6 Å². The van der Waals surface area contributed by atoms with Crippen LogP contribution in [0.25, 0.3) is 0 Å². The monoisotopic (exact) mass is 357 g/mol. The Hall–Kier alpha value is -1.82. The van der Waals surface area contributed by atoms with Crippen LogP contribution >= 0.6 is 15.9 Å². The van der Waals surface area contributed by atoms with Crippen molar-refractivity contribution in [3.63, 3.8) is 0 Å². The smallest absolute Gasteiger partial charge is 0.391 e. The van der Waals surface area contributed by atoms with E-state index in [1.54, 1.807) is 0 Å². The van der Waals surface area contributed by atoms with Crippen molar-refractivity contribution in [3.8, 4) is 0 Å². The number of nitrogens with zero attached hydrogens (tertiary/aromatic N) is 1. The van der Waals surface area contributed by atoms with Gasteiger partial charge < -0.3 is 4.84 Å². The zero-order valence-corrected chi connectivity index (χ0v) is 12.4. The van der Waals surface area contributed by atoms with Gasteiger partial charge in [-0.1, -0.05) is 45.4 Å². The maximum absolute atomic E-state index is 12.4. The van der Waals surface area contributed by atoms with E-state index in [2.05, 4.69) is 21.1 Å². The summed E-state index contributed by atoms with van der Waals surface area (Å²) in [4.78, 5) is 5.06. The molecule has 2 aromatic rings. The molecule has 0 N–H and O–H groups in total. The van der Waals surface area contributed by atoms with E-state index in [-0.39, 0.29) is 6.61 Å². The van der Waals surface area contributed by atoms with Crippen LogP contribution in [0.2, 0.25) is 0 Å². The Bertz CT molecular complexity index is 606. The summed E-state index contributed by atoms with van der Waals surface area (Å²) in [6.45, 7) is 0.116. The molecule has 6 heteroatoms. The van der Waals surface area contributed by atoms with Gasteiger partial charge in [-0.3, -0.25) is 0 Å². The van der Waals surface area contributed by atoms with Crippen molar-refractivity contribution in [2.45, 2.75) is 12.8 Å². The normalized spacial score (nSPS) is 11.8. The molecule has 0 unspecified atom stereocenters. The Morgan fingerprint density at radius 2 is 1.62 bits per heavy atom. The first-order valence-electron chi connectivity index (χ1n) is 6.02. The van der Waals surface area contributed by atoms with Gasteiger partial charge in [0.25, 0.3) is 0 Å². The van der Waals surface area contributed by atoms with Crippen LogP contribution in [-0.4, -0.2) is 6.21 Å². The second-order valence-corrected chi connectivity index (χ2v) is 5.17. The number of alkyl halides is 3. The summed E-state index contributed by atoms with van der Waals surface area (Å²) in [5, 5.41) is 3.78. The molecule has 0 aliphatic rings. The van der Waals surface area contributed by atoms with Gasteiger partial charge in [-0.2, -0.15) is 13.2 Å². The standard InChI is InChI=1S/C15H11BrF3NO/c16-14-7-3-11(4-8-14)9-20-21-10-12-1-5-13(6-2-12)15(17,18)19/h1-9H,10H2. The molecule has 0 aromatic heterocycles. The van der Waals surface area contributed by atoms with E-state index in [1.165, 1.54) is 18.3 Å². The van der Waals surface area contributed by atoms with Crippen molar-refractivity contribution >= 4 is 22.1 Å². The quantitative estimate of drug-likeness (QED) is 0.556. The van der Waals surface area contributed by atoms with Gasteiger partial charge in [0, 0.05) is 4.47 Å². The lowest BCUT2D eigenvalue weighted by Crippen LogP contribution is -2.04. The fraction of sp³-hybridized carbons (Fsp3) is 0.133. The Kier molecular flexibility index (Phi) is 5.01. The van der Waals surface area contributed by atoms with Gasteiger partial charge >= 0.3 is 6.18 Å². The highest BCUT2D eigenvalue weighted by Gasteiger charge is 2.29. The fourth-order valence-corrected chi connectivity index (χ4v) is 1.81. The van der Waals surface area contributed by atoms with Crippen molar-refractivity contribution in [2.75, 3.05) is 0 Å². The number of rotatable bonds is 4. The van der Waals surface area contributed by atoms with Gasteiger partial charge in [0.15, 0.2) is 0 Å². The minimum absolute atomic E-state index is 0.116. The third-order valence-corrected chi connectivity index (χ3v) is 3.19. The topological polar surface area (TPSA) is 21.6 Å². The summed E-state index contributed by atoms with van der Waals surface area (Å²) >= 11 is 3.32. The molecule has 0 saturated heterocycles. The lowest BCUT2D eigenvalue weighted by atomic mass is 10.1. The largest absolute Gasteiger partial charge is 0.416 e. The number of hydrogen-bond donors (Lipinski definition) is 0. The van der Waals surface area contributed by atoms with Gasteiger partial charge in [-0.05, 0) is 35.4 Å². The van der Waals surface area contributed by atoms with Gasteiger partial charge in [0.05, 0.1) is 11.8 Å². The zero-order valence-electron chi connectivity index (χ0n) is 10.8. The fourth-order valence-electron chi connectivity index (χ4n) is 1.55. The van der Waals surface area contributed by atoms with Crippen LogP contribution in [0.5, 0.6) is 0 Å². The lowest BCUT2D eigenvalue weighted by molar-refractivity contribution is -0.137. The van der Waals surface area contributed by atoms with E-state index in [9.17, 15) is 13.2 Å². The average Bonchev–Trinajstić information content (AvgIpc) is 2.45. The molecule has 2 rings (SSSR count). The van der Waals surface area contributed by atoms with Crippen molar-refractivity contribution in [1.29, 1.82) is 0 Å². The number of halogens is 4. The highest BCUT2D eigenvalue weighted by molar-refractivity contribution is 9.10. The minimum atomic E-state index is -4.32. The third kappa shape index (κ3) is 4.90. The highest BCUT2D eigenvalue weighted by Crippen LogP contribution is 2.29. The van der Waals surface area contributed by atoms with Crippen molar-refractivity contribution in [3.05, 3.63) is 69.7 Å². The van der Waals surface area contributed by atoms with Crippen LogP contribution in [0.3, 0.4) is 0 Å². The van der Waals surface area contributed by atoms with Gasteiger partial charge in [-0.25, -0.2) is 0 Å². The molecule has 110 valence electrons. The molecule has 0 aliphatic carbocycles. The maximum atomic E-state index is 12.4. The summed E-state index contributed by atoms with van der Waals surface area (Å²) in [5.41, 5.74) is 0.811. The van der Waals surface area contributed by atoms with E-state index >= 15 is 0 Å². The minimum Gasteiger partial charge on any atom is -0.391 e. The van der Waals surface area contributed by atoms with Gasteiger partial charge in [0.2, 0.25) is 0 Å². The molecule has 0 saturated carbocycles. The lowest BCUT2D eigenvalue weighted by Gasteiger charge is -2.06. The molecule has 0 heterocycles.